The summed E-state index contributed by atoms with van der Waals surface area (Å²) in [4.78, 5) is 57.9. The summed E-state index contributed by atoms with van der Waals surface area (Å²) in [7, 11) is 1.85. The number of esters is 1. The molecule has 0 aromatic heterocycles. The molecule has 16 heteroatoms. The van der Waals surface area contributed by atoms with E-state index in [4.69, 9.17) is 53.5 Å². The van der Waals surface area contributed by atoms with Crippen LogP contribution in [0, 0.1) is 12.5 Å². The molecule has 0 radical (unpaired) electrons. The van der Waals surface area contributed by atoms with Crippen LogP contribution in [0.1, 0.15) is 77.6 Å². The van der Waals surface area contributed by atoms with Crippen LogP contribution < -0.4 is 29.6 Å². The van der Waals surface area contributed by atoms with E-state index in [1.807, 2.05) is 58.2 Å². The number of hydrogen-bond donors (Lipinski definition) is 2. The van der Waals surface area contributed by atoms with Crippen LogP contribution >= 0.6 is 23.2 Å². The number of nitrogens with zero attached hydrogens (tertiary/aromatic N) is 3. The van der Waals surface area contributed by atoms with Gasteiger partial charge in [-0.05, 0) is 69.6 Å². The molecule has 3 saturated heterocycles. The van der Waals surface area contributed by atoms with Crippen molar-refractivity contribution >= 4 is 46.9 Å². The third-order valence-electron chi connectivity index (χ3n) is 10.5. The fourth-order valence-corrected chi connectivity index (χ4v) is 7.85. The molecule has 14 nitrogen and oxygen atoms in total. The number of amides is 3. The van der Waals surface area contributed by atoms with Crippen LogP contribution in [-0.4, -0.2) is 95.3 Å². The van der Waals surface area contributed by atoms with Crippen molar-refractivity contribution in [3.05, 3.63) is 58.9 Å². The average molecular weight is 789 g/mol. The van der Waals surface area contributed by atoms with Crippen LogP contribution in [0.4, 0.5) is 0 Å². The van der Waals surface area contributed by atoms with Crippen molar-refractivity contribution in [3.63, 3.8) is 0 Å². The van der Waals surface area contributed by atoms with E-state index in [9.17, 15) is 19.2 Å². The number of halogens is 2. The van der Waals surface area contributed by atoms with Gasteiger partial charge >= 0.3 is 5.97 Å². The van der Waals surface area contributed by atoms with E-state index in [2.05, 4.69) is 15.5 Å². The van der Waals surface area contributed by atoms with Gasteiger partial charge in [-0.1, -0.05) is 26.0 Å². The molecule has 0 unspecified atom stereocenters. The summed E-state index contributed by atoms with van der Waals surface area (Å²) in [6.07, 6.45) is 0.791. The minimum atomic E-state index is -0.866. The number of hydrogen-bond acceptors (Lipinski definition) is 10. The van der Waals surface area contributed by atoms with Gasteiger partial charge in [0.1, 0.15) is 24.2 Å². The zero-order chi connectivity index (χ0) is 39.5. The summed E-state index contributed by atoms with van der Waals surface area (Å²) in [6.45, 7) is 19.3. The van der Waals surface area contributed by atoms with Crippen molar-refractivity contribution in [3.8, 4) is 23.0 Å². The predicted octanol–water partition coefficient (Wildman–Crippen LogP) is 4.93. The smallest absolute Gasteiger partial charge is 0.328 e. The summed E-state index contributed by atoms with van der Waals surface area (Å²) in [5, 5.41) is 6.23. The first-order chi connectivity index (χ1) is 25.7. The Morgan fingerprint density at radius 1 is 0.981 bits per heavy atom. The molecule has 0 saturated carbocycles. The van der Waals surface area contributed by atoms with Gasteiger partial charge in [0.25, 0.3) is 5.54 Å². The Balaban J connectivity index is 0.000000195. The van der Waals surface area contributed by atoms with Gasteiger partial charge < -0.3 is 49.0 Å². The molecule has 7 rings (SSSR count). The number of alkyl halides is 2. The van der Waals surface area contributed by atoms with Crippen LogP contribution in [0.3, 0.4) is 0 Å². The molecule has 54 heavy (non-hydrogen) atoms. The zero-order valence-corrected chi connectivity index (χ0v) is 33.0. The molecule has 2 aromatic carbocycles. The number of fused-ring (bicyclic) bond motifs is 3. The van der Waals surface area contributed by atoms with Crippen molar-refractivity contribution in [2.75, 3.05) is 32.6 Å². The van der Waals surface area contributed by atoms with E-state index >= 15 is 0 Å². The van der Waals surface area contributed by atoms with Gasteiger partial charge in [0, 0.05) is 18.4 Å². The van der Waals surface area contributed by atoms with E-state index in [0.29, 0.717) is 35.8 Å². The Bertz CT molecular complexity index is 1810. The Kier molecular flexibility index (Phi) is 12.4. The second-order valence-electron chi connectivity index (χ2n) is 14.3. The quantitative estimate of drug-likeness (QED) is 0.235. The summed E-state index contributed by atoms with van der Waals surface area (Å²) >= 11 is 9.53. The monoisotopic (exact) mass is 787 g/mol. The summed E-state index contributed by atoms with van der Waals surface area (Å²) in [5.74, 6) is 1.56. The van der Waals surface area contributed by atoms with Gasteiger partial charge in [0.05, 0.1) is 24.4 Å². The number of carbonyl (C=O) groups excluding carboxylic acids is 4. The molecule has 0 bridgehead atoms. The lowest BCUT2D eigenvalue weighted by atomic mass is 9.86. The lowest BCUT2D eigenvalue weighted by Crippen LogP contribution is -2.60. The van der Waals surface area contributed by atoms with Crippen molar-refractivity contribution in [2.24, 2.45) is 5.92 Å². The Labute approximate surface area is 325 Å². The highest BCUT2D eigenvalue weighted by molar-refractivity contribution is 6.40. The molecule has 5 heterocycles. The first kappa shape index (κ1) is 40.7. The normalized spacial score (nSPS) is 28.6. The van der Waals surface area contributed by atoms with Gasteiger partial charge in [0.15, 0.2) is 23.0 Å². The van der Waals surface area contributed by atoms with Crippen LogP contribution in [0.25, 0.3) is 4.85 Å². The summed E-state index contributed by atoms with van der Waals surface area (Å²) < 4.78 is 27.0. The first-order valence-electron chi connectivity index (χ1n) is 17.8. The van der Waals surface area contributed by atoms with Gasteiger partial charge in [-0.25, -0.2) is 11.4 Å². The van der Waals surface area contributed by atoms with Crippen molar-refractivity contribution in [2.45, 2.75) is 95.7 Å². The molecule has 2 N–H and O–H groups in total. The number of likely N-dealkylation sites (N-methyl/N-ethyl adjacent to an activating group) is 1. The minimum Gasteiger partial charge on any atom is -0.464 e. The second kappa shape index (κ2) is 16.5. The van der Waals surface area contributed by atoms with Crippen LogP contribution in [0.2, 0.25) is 0 Å². The Hall–Kier alpha value is -4.45. The molecule has 2 aromatic rings. The van der Waals surface area contributed by atoms with Crippen molar-refractivity contribution in [1.29, 1.82) is 0 Å². The van der Waals surface area contributed by atoms with Gasteiger partial charge in [0.2, 0.25) is 31.3 Å². The standard InChI is InChI=1S/C20H28N2O5.C17H17N3O4.CH2Cl2/c1-6-25-19(24)14-10-20(4,21-5)17(22(14)18(23)12(2)3)13-7-8-15-16(9-13)27-11-26-15;1-9-16(22)20-11(15(21)19-9)7-17(2,18-3)14(20)10-4-5-12-13(6-10)24-8-23-12;2-1-3/h7-9,12,14,17,21H,6,10-11H2,1-5H3;4-6,9,11,14H,7-8H2,1-2H3,(H,19,21);1H2/t14-,17-,20-;9-,11+,14+,17+;/m10./s1. The van der Waals surface area contributed by atoms with Gasteiger partial charge in [-0.15, -0.1) is 23.2 Å². The van der Waals surface area contributed by atoms with E-state index in [-0.39, 0.29) is 61.2 Å². The highest BCUT2D eigenvalue weighted by atomic mass is 35.5. The van der Waals surface area contributed by atoms with E-state index in [0.717, 1.165) is 11.1 Å². The van der Waals surface area contributed by atoms with Crippen LogP contribution in [-0.2, 0) is 23.9 Å². The first-order valence-corrected chi connectivity index (χ1v) is 18.8. The molecule has 5 aliphatic heterocycles. The molecule has 0 spiro atoms. The fourth-order valence-electron chi connectivity index (χ4n) is 7.85. The highest BCUT2D eigenvalue weighted by Crippen LogP contribution is 2.50. The van der Waals surface area contributed by atoms with Crippen molar-refractivity contribution < 1.29 is 42.9 Å². The van der Waals surface area contributed by atoms with Gasteiger partial charge in [-0.3, -0.25) is 14.4 Å². The molecule has 3 amide bonds. The lowest BCUT2D eigenvalue weighted by Gasteiger charge is -2.37. The number of ether oxygens (including phenoxy) is 5. The molecular formula is C38H47Cl2N5O9. The number of rotatable bonds is 6. The number of nitrogens with one attached hydrogen (secondary N) is 2. The molecule has 7 atom stereocenters. The summed E-state index contributed by atoms with van der Waals surface area (Å²) in [6, 6.07) is 8.47. The maximum Gasteiger partial charge on any atom is 0.328 e. The fraction of sp³-hybridized carbons (Fsp3) is 0.553. The highest BCUT2D eigenvalue weighted by Gasteiger charge is 2.61. The minimum absolute atomic E-state index is 0.0744. The molecule has 0 aliphatic carbocycles. The second-order valence-corrected chi connectivity index (χ2v) is 15.1. The molecule has 3 fully saturated rings. The third kappa shape index (κ3) is 7.59. The molecule has 5 aliphatic rings. The molecular weight excluding hydrogens is 741 g/mol. The SMILES string of the molecule is CCOC(=O)[C@H]1C[C@@](C)(NC)[C@@H](c2ccc3c(c2)OCO3)N1C(=O)C(C)C.ClCCl.[C-]#[N+][C@]1(C)C[C@@H]2C(=O)N[C@@H](C)C(=O)N2[C@@H]1c1ccc2c(c1)OCO2. The maximum absolute atomic E-state index is 13.1. The molecule has 292 valence electrons. The average Bonchev–Trinajstić information content (AvgIpc) is 3.94. The van der Waals surface area contributed by atoms with E-state index < -0.39 is 35.2 Å². The van der Waals surface area contributed by atoms with Gasteiger partial charge in [-0.2, -0.15) is 0 Å². The number of carbonyl (C=O) groups is 4. The third-order valence-corrected chi connectivity index (χ3v) is 10.5. The number of likely N-dealkylation sites (tertiary alicyclic amines) is 1. The van der Waals surface area contributed by atoms with E-state index in [1.54, 1.807) is 36.6 Å². The van der Waals surface area contributed by atoms with E-state index in [1.165, 1.54) is 0 Å². The van der Waals surface area contributed by atoms with Crippen LogP contribution in [0.15, 0.2) is 36.4 Å². The van der Waals surface area contributed by atoms with Crippen molar-refractivity contribution in [1.82, 2.24) is 20.4 Å². The maximum atomic E-state index is 13.1. The summed E-state index contributed by atoms with van der Waals surface area (Å²) in [5.41, 5.74) is 0.331. The Morgan fingerprint density at radius 2 is 1.52 bits per heavy atom. The number of benzene rings is 2. The Morgan fingerprint density at radius 3 is 2.02 bits per heavy atom. The predicted molar refractivity (Wildman–Crippen MR) is 199 cm³/mol. The number of piperazine rings is 1. The lowest BCUT2D eigenvalue weighted by molar-refractivity contribution is -0.155. The van der Waals surface area contributed by atoms with Crippen LogP contribution in [0.5, 0.6) is 23.0 Å². The largest absolute Gasteiger partial charge is 0.464 e. The zero-order valence-electron chi connectivity index (χ0n) is 31.4. The topological polar surface area (TPSA) is 149 Å².